The van der Waals surface area contributed by atoms with Gasteiger partial charge in [0.2, 0.25) is 5.95 Å². The molecule has 78 valence electrons. The Morgan fingerprint density at radius 2 is 1.93 bits per heavy atom. The van der Waals surface area contributed by atoms with Crippen LogP contribution in [0.1, 0.15) is 26.3 Å². The monoisotopic (exact) mass is 195 g/mol. The first kappa shape index (κ1) is 10.9. The quantitative estimate of drug-likeness (QED) is 0.784. The molecule has 14 heavy (non-hydrogen) atoms. The lowest BCUT2D eigenvalue weighted by atomic mass is 10.3. The molecule has 0 aliphatic heterocycles. The van der Waals surface area contributed by atoms with E-state index in [1.165, 1.54) is 0 Å². The summed E-state index contributed by atoms with van der Waals surface area (Å²) in [4.78, 5) is 10.5. The molecule has 0 amide bonds. The highest BCUT2D eigenvalue weighted by Crippen LogP contribution is 2.10. The number of hydrogen-bond donors (Lipinski definition) is 1. The van der Waals surface area contributed by atoms with Crippen molar-refractivity contribution in [2.45, 2.75) is 33.4 Å². The summed E-state index contributed by atoms with van der Waals surface area (Å²) in [5.41, 5.74) is 0.744. The molecular weight excluding hydrogens is 178 g/mol. The van der Waals surface area contributed by atoms with E-state index in [0.29, 0.717) is 6.04 Å². The normalized spacial score (nSPS) is 10.6. The van der Waals surface area contributed by atoms with Crippen LogP contribution in [0.25, 0.3) is 0 Å². The summed E-state index contributed by atoms with van der Waals surface area (Å²) in [6, 6.07) is 0.389. The third-order valence-corrected chi connectivity index (χ3v) is 2.10. The van der Waals surface area contributed by atoms with Crippen molar-refractivity contribution >= 4 is 5.95 Å². The highest BCUT2D eigenvalue weighted by molar-refractivity contribution is 5.30. The average molecular weight is 195 g/mol. The van der Waals surface area contributed by atoms with Crippen LogP contribution in [0.3, 0.4) is 0 Å². The maximum absolute atomic E-state index is 8.84. The van der Waals surface area contributed by atoms with Gasteiger partial charge in [0.15, 0.2) is 0 Å². The van der Waals surface area contributed by atoms with Crippen LogP contribution in [0.2, 0.25) is 0 Å². The Hall–Kier alpha value is -1.16. The summed E-state index contributed by atoms with van der Waals surface area (Å²) in [5, 5.41) is 8.84. The standard InChI is InChI=1S/C10H17N3O/c1-4-13(8(2)3)10-11-5-9(7-14)6-12-10/h5-6,8,14H,4,7H2,1-3H3. The van der Waals surface area contributed by atoms with Crippen molar-refractivity contribution in [2.24, 2.45) is 0 Å². The average Bonchev–Trinajstić information content (AvgIpc) is 2.19. The summed E-state index contributed by atoms with van der Waals surface area (Å²) in [5.74, 6) is 0.722. The van der Waals surface area contributed by atoms with Crippen LogP contribution in [-0.2, 0) is 6.61 Å². The first-order valence-electron chi connectivity index (χ1n) is 4.87. The lowest BCUT2D eigenvalue weighted by molar-refractivity contribution is 0.281. The molecule has 0 spiro atoms. The number of aliphatic hydroxyl groups excluding tert-OH is 1. The molecule has 0 atom stereocenters. The first-order chi connectivity index (χ1) is 6.69. The summed E-state index contributed by atoms with van der Waals surface area (Å²) in [6.07, 6.45) is 3.32. The van der Waals surface area contributed by atoms with E-state index in [4.69, 9.17) is 5.11 Å². The number of rotatable bonds is 4. The van der Waals surface area contributed by atoms with E-state index >= 15 is 0 Å². The predicted octanol–water partition coefficient (Wildman–Crippen LogP) is 1.20. The van der Waals surface area contributed by atoms with Crippen molar-refractivity contribution in [3.63, 3.8) is 0 Å². The first-order valence-corrected chi connectivity index (χ1v) is 4.87. The maximum Gasteiger partial charge on any atom is 0.225 e. The van der Waals surface area contributed by atoms with Gasteiger partial charge >= 0.3 is 0 Å². The van der Waals surface area contributed by atoms with Crippen molar-refractivity contribution < 1.29 is 5.11 Å². The summed E-state index contributed by atoms with van der Waals surface area (Å²) in [7, 11) is 0. The minimum atomic E-state index is -0.00587. The maximum atomic E-state index is 8.84. The topological polar surface area (TPSA) is 49.2 Å². The van der Waals surface area contributed by atoms with Crippen LogP contribution in [-0.4, -0.2) is 27.7 Å². The molecule has 0 fully saturated rings. The van der Waals surface area contributed by atoms with Crippen molar-refractivity contribution in [2.75, 3.05) is 11.4 Å². The molecule has 1 rings (SSSR count). The van der Waals surface area contributed by atoms with Gasteiger partial charge in [-0.05, 0) is 20.8 Å². The van der Waals surface area contributed by atoms with E-state index in [1.807, 2.05) is 0 Å². The SMILES string of the molecule is CCN(c1ncc(CO)cn1)C(C)C. The molecule has 0 aliphatic rings. The van der Waals surface area contributed by atoms with Crippen molar-refractivity contribution in [3.05, 3.63) is 18.0 Å². The van der Waals surface area contributed by atoms with E-state index in [0.717, 1.165) is 18.1 Å². The van der Waals surface area contributed by atoms with Gasteiger partial charge in [-0.3, -0.25) is 0 Å². The fourth-order valence-electron chi connectivity index (χ4n) is 1.32. The third kappa shape index (κ3) is 2.42. The van der Waals surface area contributed by atoms with E-state index in [1.54, 1.807) is 12.4 Å². The van der Waals surface area contributed by atoms with Gasteiger partial charge in [0, 0.05) is 30.5 Å². The molecule has 4 nitrogen and oxygen atoms in total. The summed E-state index contributed by atoms with van der Waals surface area (Å²) in [6.45, 7) is 7.16. The highest BCUT2D eigenvalue weighted by Gasteiger charge is 2.10. The van der Waals surface area contributed by atoms with Crippen LogP contribution in [0.5, 0.6) is 0 Å². The van der Waals surface area contributed by atoms with Crippen molar-refractivity contribution in [3.8, 4) is 0 Å². The van der Waals surface area contributed by atoms with E-state index < -0.39 is 0 Å². The van der Waals surface area contributed by atoms with Crippen molar-refractivity contribution in [1.82, 2.24) is 9.97 Å². The Morgan fingerprint density at radius 3 is 2.29 bits per heavy atom. The molecule has 0 unspecified atom stereocenters. The fraction of sp³-hybridized carbons (Fsp3) is 0.600. The molecule has 1 aromatic rings. The Bertz CT molecular complexity index is 271. The van der Waals surface area contributed by atoms with Crippen LogP contribution in [0, 0.1) is 0 Å². The summed E-state index contributed by atoms with van der Waals surface area (Å²) < 4.78 is 0. The molecule has 1 aromatic heterocycles. The molecule has 0 radical (unpaired) electrons. The number of hydrogen-bond acceptors (Lipinski definition) is 4. The van der Waals surface area contributed by atoms with Crippen molar-refractivity contribution in [1.29, 1.82) is 0 Å². The molecule has 1 N–H and O–H groups in total. The smallest absolute Gasteiger partial charge is 0.225 e. The van der Waals surface area contributed by atoms with Crippen LogP contribution in [0.15, 0.2) is 12.4 Å². The Labute approximate surface area is 84.6 Å². The molecule has 0 aliphatic carbocycles. The lowest BCUT2D eigenvalue weighted by Gasteiger charge is -2.24. The fourth-order valence-corrected chi connectivity index (χ4v) is 1.32. The molecule has 0 aromatic carbocycles. The molecular formula is C10H17N3O. The van der Waals surface area contributed by atoms with Gasteiger partial charge in [-0.25, -0.2) is 9.97 Å². The second-order valence-corrected chi connectivity index (χ2v) is 3.43. The van der Waals surface area contributed by atoms with Gasteiger partial charge < -0.3 is 10.0 Å². The second kappa shape index (κ2) is 4.91. The Kier molecular flexibility index (Phi) is 3.83. The van der Waals surface area contributed by atoms with Gasteiger partial charge in [0.1, 0.15) is 0 Å². The van der Waals surface area contributed by atoms with Gasteiger partial charge in [-0.2, -0.15) is 0 Å². The zero-order valence-electron chi connectivity index (χ0n) is 8.94. The van der Waals surface area contributed by atoms with E-state index in [2.05, 4.69) is 35.6 Å². The van der Waals surface area contributed by atoms with Gasteiger partial charge in [0.25, 0.3) is 0 Å². The minimum Gasteiger partial charge on any atom is -0.392 e. The third-order valence-electron chi connectivity index (χ3n) is 2.10. The van der Waals surface area contributed by atoms with Crippen LogP contribution in [0.4, 0.5) is 5.95 Å². The largest absolute Gasteiger partial charge is 0.392 e. The molecule has 0 saturated heterocycles. The van der Waals surface area contributed by atoms with E-state index in [9.17, 15) is 0 Å². The molecule has 4 heteroatoms. The second-order valence-electron chi connectivity index (χ2n) is 3.43. The van der Waals surface area contributed by atoms with Gasteiger partial charge in [-0.15, -0.1) is 0 Å². The Morgan fingerprint density at radius 1 is 1.36 bits per heavy atom. The lowest BCUT2D eigenvalue weighted by Crippen LogP contribution is -2.31. The highest BCUT2D eigenvalue weighted by atomic mass is 16.3. The van der Waals surface area contributed by atoms with Crippen LogP contribution >= 0.6 is 0 Å². The molecule has 1 heterocycles. The summed E-state index contributed by atoms with van der Waals surface area (Å²) >= 11 is 0. The molecule has 0 saturated carbocycles. The number of aromatic nitrogens is 2. The van der Waals surface area contributed by atoms with Gasteiger partial charge in [-0.1, -0.05) is 0 Å². The predicted molar refractivity (Wildman–Crippen MR) is 56.1 cm³/mol. The van der Waals surface area contributed by atoms with E-state index in [-0.39, 0.29) is 6.61 Å². The number of nitrogens with zero attached hydrogens (tertiary/aromatic N) is 3. The Balaban J connectivity index is 2.84. The van der Waals surface area contributed by atoms with Gasteiger partial charge in [0.05, 0.1) is 6.61 Å². The zero-order valence-corrected chi connectivity index (χ0v) is 8.94. The molecule has 0 bridgehead atoms. The zero-order chi connectivity index (χ0) is 10.6. The number of anilines is 1. The minimum absolute atomic E-state index is 0.00587. The van der Waals surface area contributed by atoms with Crippen LogP contribution < -0.4 is 4.90 Å². The number of aliphatic hydroxyl groups is 1.